The number of hydrogen-bond donors (Lipinski definition) is 1. The molecular weight excluding hydrogens is 274 g/mol. The number of rotatable bonds is 8. The molecule has 2 aliphatic heterocycles. The highest BCUT2D eigenvalue weighted by Crippen LogP contribution is 2.38. The lowest BCUT2D eigenvalue weighted by molar-refractivity contribution is -0.0700. The Labute approximate surface area is 127 Å². The molecule has 1 spiro atoms. The van der Waals surface area contributed by atoms with Crippen LogP contribution in [0.15, 0.2) is 0 Å². The van der Waals surface area contributed by atoms with E-state index < -0.39 is 0 Å². The summed E-state index contributed by atoms with van der Waals surface area (Å²) in [4.78, 5) is 0. The summed E-state index contributed by atoms with van der Waals surface area (Å²) in [6.45, 7) is 2.17. The van der Waals surface area contributed by atoms with Gasteiger partial charge < -0.3 is 10.1 Å². The van der Waals surface area contributed by atoms with Gasteiger partial charge in [-0.15, -0.1) is 0 Å². The molecule has 2 atom stereocenters. The van der Waals surface area contributed by atoms with Gasteiger partial charge in [0.05, 0.1) is 5.60 Å². The van der Waals surface area contributed by atoms with E-state index in [1.54, 1.807) is 0 Å². The van der Waals surface area contributed by atoms with E-state index in [0.29, 0.717) is 6.04 Å². The Kier molecular flexibility index (Phi) is 7.42. The van der Waals surface area contributed by atoms with Gasteiger partial charge >= 0.3 is 0 Å². The Balaban J connectivity index is 1.53. The highest BCUT2D eigenvalue weighted by atomic mass is 32.2. The average Bonchev–Trinajstić information content (AvgIpc) is 2.86. The topological polar surface area (TPSA) is 21.3 Å². The summed E-state index contributed by atoms with van der Waals surface area (Å²) in [6, 6.07) is 0.707. The molecule has 0 aromatic rings. The predicted molar refractivity (Wildman–Crippen MR) is 88.5 cm³/mol. The fraction of sp³-hybridized carbons (Fsp3) is 1.00. The van der Waals surface area contributed by atoms with E-state index in [0.717, 1.165) is 6.61 Å². The van der Waals surface area contributed by atoms with Gasteiger partial charge in [0.15, 0.2) is 0 Å². The Hall–Kier alpha value is 0.620. The lowest BCUT2D eigenvalue weighted by Gasteiger charge is -2.38. The van der Waals surface area contributed by atoms with Crippen LogP contribution >= 0.6 is 23.5 Å². The highest BCUT2D eigenvalue weighted by Gasteiger charge is 2.40. The SMILES string of the molecule is CSCCCCCCNC1CCOC2(CCSC2)C1. The Bertz CT molecular complexity index is 244. The maximum atomic E-state index is 6.07. The van der Waals surface area contributed by atoms with Crippen LogP contribution in [0.4, 0.5) is 0 Å². The summed E-state index contributed by atoms with van der Waals surface area (Å²) in [5.41, 5.74) is 0.235. The first-order valence-electron chi connectivity index (χ1n) is 7.79. The zero-order chi connectivity index (χ0) is 13.4. The van der Waals surface area contributed by atoms with E-state index in [9.17, 15) is 0 Å². The van der Waals surface area contributed by atoms with Crippen molar-refractivity contribution >= 4 is 23.5 Å². The smallest absolute Gasteiger partial charge is 0.0795 e. The molecule has 2 unspecified atom stereocenters. The van der Waals surface area contributed by atoms with Crippen molar-refractivity contribution in [3.05, 3.63) is 0 Å². The Morgan fingerprint density at radius 3 is 3.00 bits per heavy atom. The Morgan fingerprint density at radius 1 is 1.32 bits per heavy atom. The molecule has 112 valence electrons. The maximum Gasteiger partial charge on any atom is 0.0795 e. The third-order valence-corrected chi connectivity index (χ3v) is 6.19. The van der Waals surface area contributed by atoms with Crippen LogP contribution < -0.4 is 5.32 Å². The Morgan fingerprint density at radius 2 is 2.21 bits per heavy atom. The van der Waals surface area contributed by atoms with Crippen LogP contribution in [-0.4, -0.2) is 48.3 Å². The van der Waals surface area contributed by atoms with Crippen LogP contribution in [0.25, 0.3) is 0 Å². The van der Waals surface area contributed by atoms with Gasteiger partial charge in [-0.2, -0.15) is 23.5 Å². The van der Waals surface area contributed by atoms with Crippen LogP contribution in [-0.2, 0) is 4.74 Å². The van der Waals surface area contributed by atoms with E-state index >= 15 is 0 Å². The molecule has 1 N–H and O–H groups in total. The van der Waals surface area contributed by atoms with Crippen molar-refractivity contribution in [2.75, 3.05) is 36.7 Å². The molecule has 19 heavy (non-hydrogen) atoms. The molecule has 0 amide bonds. The summed E-state index contributed by atoms with van der Waals surface area (Å²) in [5.74, 6) is 3.84. The molecule has 0 aromatic carbocycles. The minimum Gasteiger partial charge on any atom is -0.374 e. The van der Waals surface area contributed by atoms with Crippen LogP contribution in [0.5, 0.6) is 0 Å². The van der Waals surface area contributed by atoms with Gasteiger partial charge in [0, 0.05) is 18.4 Å². The van der Waals surface area contributed by atoms with Crippen molar-refractivity contribution in [1.29, 1.82) is 0 Å². The largest absolute Gasteiger partial charge is 0.374 e. The molecule has 2 aliphatic rings. The molecule has 0 saturated carbocycles. The first-order valence-corrected chi connectivity index (χ1v) is 10.3. The lowest BCUT2D eigenvalue weighted by atomic mass is 9.90. The minimum absolute atomic E-state index is 0.235. The second-order valence-corrected chi connectivity index (χ2v) is 7.98. The van der Waals surface area contributed by atoms with E-state index in [1.165, 1.54) is 68.7 Å². The summed E-state index contributed by atoms with van der Waals surface area (Å²) in [6.07, 6.45) is 11.4. The fourth-order valence-corrected chi connectivity index (χ4v) is 4.97. The van der Waals surface area contributed by atoms with Crippen molar-refractivity contribution < 1.29 is 4.74 Å². The number of unbranched alkanes of at least 4 members (excludes halogenated alkanes) is 3. The lowest BCUT2D eigenvalue weighted by Crippen LogP contribution is -2.47. The first-order chi connectivity index (χ1) is 9.35. The molecule has 2 nitrogen and oxygen atoms in total. The molecule has 0 bridgehead atoms. The second kappa shape index (κ2) is 8.81. The quantitative estimate of drug-likeness (QED) is 0.692. The third-order valence-electron chi connectivity index (χ3n) is 4.27. The monoisotopic (exact) mass is 303 g/mol. The average molecular weight is 304 g/mol. The normalized spacial score (nSPS) is 31.1. The molecule has 0 aliphatic carbocycles. The van der Waals surface area contributed by atoms with Gasteiger partial charge in [-0.3, -0.25) is 0 Å². The maximum absolute atomic E-state index is 6.07. The summed E-state index contributed by atoms with van der Waals surface area (Å²) in [7, 11) is 0. The van der Waals surface area contributed by atoms with E-state index in [2.05, 4.69) is 23.3 Å². The van der Waals surface area contributed by atoms with Crippen molar-refractivity contribution in [1.82, 2.24) is 5.32 Å². The molecular formula is C15H29NOS2. The number of nitrogens with one attached hydrogen (secondary N) is 1. The van der Waals surface area contributed by atoms with Gasteiger partial charge in [-0.1, -0.05) is 12.8 Å². The molecule has 2 heterocycles. The van der Waals surface area contributed by atoms with Crippen LogP contribution in [0, 0.1) is 0 Å². The van der Waals surface area contributed by atoms with Crippen LogP contribution in [0.3, 0.4) is 0 Å². The number of thioether (sulfide) groups is 2. The van der Waals surface area contributed by atoms with Crippen LogP contribution in [0.1, 0.15) is 44.9 Å². The second-order valence-electron chi connectivity index (χ2n) is 5.88. The number of ether oxygens (including phenoxy) is 1. The molecule has 4 heteroatoms. The first kappa shape index (κ1) is 16.0. The summed E-state index contributed by atoms with van der Waals surface area (Å²) in [5, 5.41) is 3.77. The van der Waals surface area contributed by atoms with Gasteiger partial charge in [-0.25, -0.2) is 0 Å². The van der Waals surface area contributed by atoms with Gasteiger partial charge in [0.2, 0.25) is 0 Å². The van der Waals surface area contributed by atoms with Crippen molar-refractivity contribution in [2.24, 2.45) is 0 Å². The van der Waals surface area contributed by atoms with Gasteiger partial charge in [-0.05, 0) is 56.4 Å². The standard InChI is InChI=1S/C15H29NOS2/c1-18-10-5-3-2-4-8-16-14-6-9-17-15(12-14)7-11-19-13-15/h14,16H,2-13H2,1H3. The summed E-state index contributed by atoms with van der Waals surface area (Å²) >= 11 is 4.03. The van der Waals surface area contributed by atoms with E-state index in [4.69, 9.17) is 4.74 Å². The predicted octanol–water partition coefficient (Wildman–Crippen LogP) is 3.55. The van der Waals surface area contributed by atoms with Crippen molar-refractivity contribution in [2.45, 2.75) is 56.6 Å². The molecule has 0 radical (unpaired) electrons. The zero-order valence-electron chi connectivity index (χ0n) is 12.3. The van der Waals surface area contributed by atoms with Crippen molar-refractivity contribution in [3.63, 3.8) is 0 Å². The third kappa shape index (κ3) is 5.49. The fourth-order valence-electron chi connectivity index (χ4n) is 3.10. The number of hydrogen-bond acceptors (Lipinski definition) is 4. The highest BCUT2D eigenvalue weighted by molar-refractivity contribution is 7.99. The molecule has 2 fully saturated rings. The minimum atomic E-state index is 0.235. The zero-order valence-corrected chi connectivity index (χ0v) is 13.9. The van der Waals surface area contributed by atoms with Crippen molar-refractivity contribution in [3.8, 4) is 0 Å². The van der Waals surface area contributed by atoms with Crippen LogP contribution in [0.2, 0.25) is 0 Å². The van der Waals surface area contributed by atoms with E-state index in [1.807, 2.05) is 11.8 Å². The van der Waals surface area contributed by atoms with E-state index in [-0.39, 0.29) is 5.60 Å². The molecule has 0 aromatic heterocycles. The molecule has 2 saturated heterocycles. The van der Waals surface area contributed by atoms with Gasteiger partial charge in [0.1, 0.15) is 0 Å². The van der Waals surface area contributed by atoms with Gasteiger partial charge in [0.25, 0.3) is 0 Å². The summed E-state index contributed by atoms with van der Waals surface area (Å²) < 4.78 is 6.07. The molecule has 2 rings (SSSR count).